The first kappa shape index (κ1) is 38.2. The summed E-state index contributed by atoms with van der Waals surface area (Å²) in [6, 6.07) is 36.0. The number of hydrogen-bond acceptors (Lipinski definition) is 0. The first-order chi connectivity index (χ1) is 22.3. The van der Waals surface area contributed by atoms with Crippen LogP contribution in [0.15, 0.2) is 97.1 Å². The molecule has 0 heterocycles. The number of aryl methyl sites for hydroxylation is 6. The van der Waals surface area contributed by atoms with Crippen LogP contribution in [0, 0.1) is 13.8 Å². The molecule has 0 bridgehead atoms. The van der Waals surface area contributed by atoms with Gasteiger partial charge in [-0.15, -0.1) is 69.1 Å². The maximum atomic E-state index is 4.93. The van der Waals surface area contributed by atoms with Crippen molar-refractivity contribution in [1.82, 2.24) is 0 Å². The molecule has 0 aromatic heterocycles. The second-order valence-electron chi connectivity index (χ2n) is 11.5. The minimum atomic E-state index is -0.826. The van der Waals surface area contributed by atoms with Gasteiger partial charge in [0, 0.05) is 9.52 Å². The van der Waals surface area contributed by atoms with E-state index in [0.29, 0.717) is 0 Å². The number of rotatable bonds is 6. The summed E-state index contributed by atoms with van der Waals surface area (Å²) in [7, 11) is 11.0. The summed E-state index contributed by atoms with van der Waals surface area (Å²) in [6.07, 6.45) is 4.35. The van der Waals surface area contributed by atoms with E-state index >= 15 is 0 Å². The summed E-state index contributed by atoms with van der Waals surface area (Å²) in [5, 5.41) is 5.57. The van der Waals surface area contributed by atoms with Gasteiger partial charge in [-0.1, -0.05) is 112 Å². The molecule has 0 nitrogen and oxygen atoms in total. The first-order valence-corrected chi connectivity index (χ1v) is 24.7. The van der Waals surface area contributed by atoms with E-state index in [1.807, 2.05) is 0 Å². The van der Waals surface area contributed by atoms with Crippen molar-refractivity contribution < 1.29 is 20.8 Å². The molecule has 6 aromatic carbocycles. The van der Waals surface area contributed by atoms with Crippen LogP contribution in [0.5, 0.6) is 0 Å². The van der Waals surface area contributed by atoms with Gasteiger partial charge in [0.15, 0.2) is 0 Å². The van der Waals surface area contributed by atoms with Gasteiger partial charge in [-0.2, -0.15) is 12.1 Å². The summed E-state index contributed by atoms with van der Waals surface area (Å²) in [6.45, 7) is 17.7. The minimum absolute atomic E-state index is 0.826. The molecule has 6 rings (SSSR count). The topological polar surface area (TPSA) is 0 Å². The average Bonchev–Trinajstić information content (AvgIpc) is 3.70. The van der Waals surface area contributed by atoms with Crippen LogP contribution in [-0.2, 0) is 46.5 Å². The zero-order valence-electron chi connectivity index (χ0n) is 28.8. The monoisotopic (exact) mass is 740 g/mol. The number of fused-ring (bicyclic) bond motifs is 2. The first-order valence-electron chi connectivity index (χ1n) is 16.4. The van der Waals surface area contributed by atoms with Crippen molar-refractivity contribution in [2.24, 2.45) is 0 Å². The van der Waals surface area contributed by atoms with E-state index < -0.39 is 20.8 Å². The molecule has 6 aromatic rings. The van der Waals surface area contributed by atoms with Gasteiger partial charge >= 0.3 is 37.9 Å². The Morgan fingerprint density at radius 3 is 1.22 bits per heavy atom. The quantitative estimate of drug-likeness (QED) is 0.118. The van der Waals surface area contributed by atoms with Crippen molar-refractivity contribution in [3.05, 3.63) is 130 Å². The molecule has 0 aliphatic rings. The van der Waals surface area contributed by atoms with Crippen LogP contribution in [0.2, 0.25) is 13.1 Å². The molecule has 0 fully saturated rings. The van der Waals surface area contributed by atoms with Crippen LogP contribution in [0.1, 0.15) is 61.1 Å². The molecule has 2 radical (unpaired) electrons. The summed E-state index contributed by atoms with van der Waals surface area (Å²) >= 11 is -0.826. The van der Waals surface area contributed by atoms with Crippen molar-refractivity contribution in [2.75, 3.05) is 0 Å². The summed E-state index contributed by atoms with van der Waals surface area (Å²) in [5.41, 5.74) is 14.1. The molecule has 4 heteroatoms. The van der Waals surface area contributed by atoms with Crippen molar-refractivity contribution >= 4 is 48.1 Å². The molecule has 0 aliphatic carbocycles. The van der Waals surface area contributed by atoms with E-state index in [1.54, 1.807) is 0 Å². The fourth-order valence-corrected chi connectivity index (χ4v) is 6.12. The molecule has 0 saturated heterocycles. The van der Waals surface area contributed by atoms with Crippen molar-refractivity contribution in [3.63, 3.8) is 0 Å². The molecule has 0 spiro atoms. The van der Waals surface area contributed by atoms with Crippen molar-refractivity contribution in [1.29, 1.82) is 0 Å². The van der Waals surface area contributed by atoms with Crippen LogP contribution in [0.4, 0.5) is 0 Å². The Hall–Kier alpha value is -2.22. The van der Waals surface area contributed by atoms with Crippen molar-refractivity contribution in [3.8, 4) is 22.3 Å². The van der Waals surface area contributed by atoms with Gasteiger partial charge < -0.3 is 0 Å². The Labute approximate surface area is 299 Å². The summed E-state index contributed by atoms with van der Waals surface area (Å²) < 4.78 is 0. The molecule has 0 aliphatic heterocycles. The predicted molar refractivity (Wildman–Crippen MR) is 206 cm³/mol. The molecular formula is C42H48Cl2SiZr. The third-order valence-corrected chi connectivity index (χ3v) is 8.48. The number of benzene rings is 4. The molecular weight excluding hydrogens is 695 g/mol. The Morgan fingerprint density at radius 2 is 0.913 bits per heavy atom. The van der Waals surface area contributed by atoms with Gasteiger partial charge in [0.05, 0.1) is 0 Å². The van der Waals surface area contributed by atoms with Gasteiger partial charge in [-0.3, -0.25) is 0 Å². The van der Waals surface area contributed by atoms with E-state index in [2.05, 4.69) is 152 Å². The van der Waals surface area contributed by atoms with E-state index in [-0.39, 0.29) is 0 Å². The van der Waals surface area contributed by atoms with Crippen LogP contribution < -0.4 is 0 Å². The SMILES string of the molecule is CCc1cc2c(-c3ccccc3C)c(CC)ccc2[cH-]1.CCc1cc2c(-c3ccccc3C)c(CC)ccc2[cH-]1.C[Si]C.[Cl][Zr+2][Cl]. The zero-order chi connectivity index (χ0) is 33.6. The predicted octanol–water partition coefficient (Wildman–Crippen LogP) is 13.5. The van der Waals surface area contributed by atoms with Crippen LogP contribution in [-0.4, -0.2) is 9.52 Å². The molecule has 46 heavy (non-hydrogen) atoms. The van der Waals surface area contributed by atoms with Gasteiger partial charge in [-0.25, -0.2) is 0 Å². The van der Waals surface area contributed by atoms with Gasteiger partial charge in [0.1, 0.15) is 0 Å². The Morgan fingerprint density at radius 1 is 0.565 bits per heavy atom. The fraction of sp³-hybridized carbons (Fsp3) is 0.286. The van der Waals surface area contributed by atoms with Gasteiger partial charge in [-0.05, 0) is 61.8 Å². The third-order valence-electron chi connectivity index (χ3n) is 8.48. The maximum absolute atomic E-state index is 4.93. The average molecular weight is 743 g/mol. The van der Waals surface area contributed by atoms with E-state index in [9.17, 15) is 0 Å². The summed E-state index contributed by atoms with van der Waals surface area (Å²) in [4.78, 5) is 0. The fourth-order valence-electron chi connectivity index (χ4n) is 6.12. The van der Waals surface area contributed by atoms with Crippen LogP contribution >= 0.6 is 17.0 Å². The summed E-state index contributed by atoms with van der Waals surface area (Å²) in [5.74, 6) is 0. The zero-order valence-corrected chi connectivity index (χ0v) is 33.8. The normalized spacial score (nSPS) is 10.3. The van der Waals surface area contributed by atoms with E-state index in [4.69, 9.17) is 17.0 Å². The molecule has 0 unspecified atom stereocenters. The molecule has 0 atom stereocenters. The van der Waals surface area contributed by atoms with Crippen LogP contribution in [0.3, 0.4) is 0 Å². The number of hydrogen-bond donors (Lipinski definition) is 0. The van der Waals surface area contributed by atoms with Crippen molar-refractivity contribution in [2.45, 2.75) is 80.3 Å². The third kappa shape index (κ3) is 9.44. The van der Waals surface area contributed by atoms with E-state index in [0.717, 1.165) is 35.2 Å². The molecule has 0 N–H and O–H groups in total. The standard InChI is InChI=1S/2C20H21.C2H6Si.2ClH.Zr/c2*1-4-15-12-17-11-10-16(5-2)20(19(17)13-15)18-9-7-6-8-14(18)3;1-3-2;;;/h2*6-13H,4-5H2,1-3H3;1-2H3;2*1H;/q2*-1;;;;+4/p-2. The molecule has 238 valence electrons. The Bertz CT molecular complexity index is 1680. The van der Waals surface area contributed by atoms with Gasteiger partial charge in [0.2, 0.25) is 0 Å². The Kier molecular flexibility index (Phi) is 16.3. The molecule has 0 saturated carbocycles. The van der Waals surface area contributed by atoms with Crippen LogP contribution in [0.25, 0.3) is 43.8 Å². The molecule has 0 amide bonds. The Balaban J connectivity index is 0.000000214. The number of halogens is 2. The second-order valence-corrected chi connectivity index (χ2v) is 16.3. The van der Waals surface area contributed by atoms with Gasteiger partial charge in [0.25, 0.3) is 0 Å². The van der Waals surface area contributed by atoms with E-state index in [1.165, 1.54) is 77.2 Å². The second kappa shape index (κ2) is 19.6.